The third kappa shape index (κ3) is 3.47. The van der Waals surface area contributed by atoms with Crippen molar-refractivity contribution < 1.29 is 9.26 Å². The summed E-state index contributed by atoms with van der Waals surface area (Å²) in [6.07, 6.45) is 3.58. The summed E-state index contributed by atoms with van der Waals surface area (Å²) in [7, 11) is 1.86. The Morgan fingerprint density at radius 2 is 2.24 bits per heavy atom. The van der Waals surface area contributed by atoms with E-state index in [1.807, 2.05) is 13.2 Å². The lowest BCUT2D eigenvalue weighted by Crippen LogP contribution is -2.39. The van der Waals surface area contributed by atoms with Crippen molar-refractivity contribution in [2.24, 2.45) is 7.05 Å². The van der Waals surface area contributed by atoms with Gasteiger partial charge in [0.05, 0.1) is 31.0 Å². The van der Waals surface area contributed by atoms with Crippen LogP contribution in [0.3, 0.4) is 0 Å². The van der Waals surface area contributed by atoms with Gasteiger partial charge in [-0.25, -0.2) is 0 Å². The minimum absolute atomic E-state index is 0.0107. The highest BCUT2D eigenvalue weighted by Crippen LogP contribution is 2.26. The maximum Gasteiger partial charge on any atom is 0.261 e. The van der Waals surface area contributed by atoms with Gasteiger partial charge in [-0.2, -0.15) is 10.1 Å². The molecule has 0 spiro atoms. The molecule has 0 saturated carbocycles. The molecule has 25 heavy (non-hydrogen) atoms. The number of morpholine rings is 1. The average molecular weight is 339 g/mol. The van der Waals surface area contributed by atoms with E-state index in [2.05, 4.69) is 51.3 Å². The molecular weight excluding hydrogens is 318 g/mol. The van der Waals surface area contributed by atoms with E-state index in [1.165, 1.54) is 11.1 Å². The predicted octanol–water partition coefficient (Wildman–Crippen LogP) is 2.35. The summed E-state index contributed by atoms with van der Waals surface area (Å²) in [6, 6.07) is 8.55. The molecule has 1 aliphatic rings. The zero-order valence-corrected chi connectivity index (χ0v) is 14.4. The average Bonchev–Trinajstić information content (AvgIpc) is 3.24. The molecule has 130 valence electrons. The van der Waals surface area contributed by atoms with Crippen molar-refractivity contribution in [1.82, 2.24) is 24.8 Å². The summed E-state index contributed by atoms with van der Waals surface area (Å²) in [5, 5.41) is 8.34. The van der Waals surface area contributed by atoms with E-state index in [0.717, 1.165) is 25.3 Å². The van der Waals surface area contributed by atoms with Crippen LogP contribution in [0.25, 0.3) is 11.5 Å². The van der Waals surface area contributed by atoms with Crippen molar-refractivity contribution in [3.63, 3.8) is 0 Å². The van der Waals surface area contributed by atoms with Crippen LogP contribution in [0.5, 0.6) is 0 Å². The molecule has 0 N–H and O–H groups in total. The molecule has 1 fully saturated rings. The molecular formula is C18H21N5O2. The fourth-order valence-electron chi connectivity index (χ4n) is 3.13. The van der Waals surface area contributed by atoms with Gasteiger partial charge in [-0.05, 0) is 12.5 Å². The van der Waals surface area contributed by atoms with Crippen LogP contribution >= 0.6 is 0 Å². The van der Waals surface area contributed by atoms with E-state index in [-0.39, 0.29) is 6.04 Å². The molecule has 0 radical (unpaired) electrons. The first kappa shape index (κ1) is 16.0. The number of aromatic nitrogens is 4. The summed E-state index contributed by atoms with van der Waals surface area (Å²) in [4.78, 5) is 6.92. The number of hydrogen-bond donors (Lipinski definition) is 0. The first-order valence-electron chi connectivity index (χ1n) is 8.39. The lowest BCUT2D eigenvalue weighted by molar-refractivity contribution is -0.0166. The van der Waals surface area contributed by atoms with Crippen LogP contribution in [-0.4, -0.2) is 44.6 Å². The number of aryl methyl sites for hydroxylation is 2. The highest BCUT2D eigenvalue weighted by Gasteiger charge is 2.29. The van der Waals surface area contributed by atoms with Crippen molar-refractivity contribution in [2.45, 2.75) is 19.5 Å². The molecule has 1 aliphatic heterocycles. The SMILES string of the molecule is Cc1cccc(CN2CCOC[C@H]2c2noc(-c3cnn(C)c3)n2)c1. The molecule has 3 aromatic rings. The molecule has 0 aliphatic carbocycles. The first-order chi connectivity index (χ1) is 12.2. The van der Waals surface area contributed by atoms with Crippen molar-refractivity contribution in [3.05, 3.63) is 53.6 Å². The molecule has 2 aromatic heterocycles. The minimum atomic E-state index is -0.0107. The topological polar surface area (TPSA) is 69.2 Å². The highest BCUT2D eigenvalue weighted by molar-refractivity contribution is 5.49. The van der Waals surface area contributed by atoms with Gasteiger partial charge in [0.15, 0.2) is 5.82 Å². The van der Waals surface area contributed by atoms with Gasteiger partial charge < -0.3 is 9.26 Å². The predicted molar refractivity (Wildman–Crippen MR) is 91.6 cm³/mol. The maximum atomic E-state index is 5.67. The van der Waals surface area contributed by atoms with Crippen LogP contribution in [0.2, 0.25) is 0 Å². The molecule has 0 amide bonds. The van der Waals surface area contributed by atoms with Gasteiger partial charge in [-0.3, -0.25) is 9.58 Å². The van der Waals surface area contributed by atoms with Crippen molar-refractivity contribution >= 4 is 0 Å². The van der Waals surface area contributed by atoms with Crippen LogP contribution in [0.4, 0.5) is 0 Å². The normalized spacial score (nSPS) is 18.6. The molecule has 1 saturated heterocycles. The zero-order chi connectivity index (χ0) is 17.2. The summed E-state index contributed by atoms with van der Waals surface area (Å²) < 4.78 is 12.8. The van der Waals surface area contributed by atoms with Gasteiger partial charge in [0.1, 0.15) is 0 Å². The van der Waals surface area contributed by atoms with Crippen LogP contribution in [0.15, 0.2) is 41.2 Å². The molecule has 1 atom stereocenters. The van der Waals surface area contributed by atoms with Gasteiger partial charge in [-0.15, -0.1) is 0 Å². The number of benzene rings is 1. The lowest BCUT2D eigenvalue weighted by Gasteiger charge is -2.33. The van der Waals surface area contributed by atoms with Crippen molar-refractivity contribution in [3.8, 4) is 11.5 Å². The molecule has 0 unspecified atom stereocenters. The monoisotopic (exact) mass is 339 g/mol. The second-order valence-electron chi connectivity index (χ2n) is 6.41. The van der Waals surface area contributed by atoms with Gasteiger partial charge in [-0.1, -0.05) is 35.0 Å². The molecule has 7 nitrogen and oxygen atoms in total. The number of ether oxygens (including phenoxy) is 1. The van der Waals surface area contributed by atoms with E-state index >= 15 is 0 Å². The quantitative estimate of drug-likeness (QED) is 0.727. The Labute approximate surface area is 146 Å². The number of rotatable bonds is 4. The van der Waals surface area contributed by atoms with Crippen molar-refractivity contribution in [1.29, 1.82) is 0 Å². The van der Waals surface area contributed by atoms with E-state index in [9.17, 15) is 0 Å². The minimum Gasteiger partial charge on any atom is -0.378 e. The Morgan fingerprint density at radius 1 is 1.32 bits per heavy atom. The Hall–Kier alpha value is -2.51. The summed E-state index contributed by atoms with van der Waals surface area (Å²) in [5.74, 6) is 1.15. The maximum absolute atomic E-state index is 5.67. The highest BCUT2D eigenvalue weighted by atomic mass is 16.5. The van der Waals surface area contributed by atoms with Gasteiger partial charge >= 0.3 is 0 Å². The molecule has 3 heterocycles. The van der Waals surface area contributed by atoms with Gasteiger partial charge in [0.25, 0.3) is 5.89 Å². The van der Waals surface area contributed by atoms with E-state index in [4.69, 9.17) is 9.26 Å². The largest absolute Gasteiger partial charge is 0.378 e. The third-order valence-electron chi connectivity index (χ3n) is 4.40. The summed E-state index contributed by atoms with van der Waals surface area (Å²) in [6.45, 7) is 5.08. The van der Waals surface area contributed by atoms with Crippen LogP contribution < -0.4 is 0 Å². The summed E-state index contributed by atoms with van der Waals surface area (Å²) in [5.41, 5.74) is 3.37. The van der Waals surface area contributed by atoms with E-state index in [0.29, 0.717) is 18.3 Å². The summed E-state index contributed by atoms with van der Waals surface area (Å²) >= 11 is 0. The van der Waals surface area contributed by atoms with Crippen molar-refractivity contribution in [2.75, 3.05) is 19.8 Å². The molecule has 0 bridgehead atoms. The molecule has 4 rings (SSSR count). The second kappa shape index (κ2) is 6.78. The Kier molecular flexibility index (Phi) is 4.33. The van der Waals surface area contributed by atoms with Gasteiger partial charge in [0.2, 0.25) is 0 Å². The third-order valence-corrected chi connectivity index (χ3v) is 4.40. The van der Waals surface area contributed by atoms with Crippen LogP contribution in [-0.2, 0) is 18.3 Å². The fourth-order valence-corrected chi connectivity index (χ4v) is 3.13. The smallest absolute Gasteiger partial charge is 0.261 e. The standard InChI is InChI=1S/C18H21N5O2/c1-13-4-3-5-14(8-13)10-23-6-7-24-12-16(23)17-20-18(25-21-17)15-9-19-22(2)11-15/h3-5,8-9,11,16H,6-7,10,12H2,1-2H3/t16-/m0/s1. The Morgan fingerprint density at radius 3 is 3.04 bits per heavy atom. The molecule has 7 heteroatoms. The number of hydrogen-bond acceptors (Lipinski definition) is 6. The zero-order valence-electron chi connectivity index (χ0n) is 14.4. The first-order valence-corrected chi connectivity index (χ1v) is 8.39. The van der Waals surface area contributed by atoms with Gasteiger partial charge in [0, 0.05) is 26.3 Å². The van der Waals surface area contributed by atoms with Crippen LogP contribution in [0, 0.1) is 6.92 Å². The van der Waals surface area contributed by atoms with E-state index < -0.39 is 0 Å². The molecule has 1 aromatic carbocycles. The lowest BCUT2D eigenvalue weighted by atomic mass is 10.1. The Balaban J connectivity index is 1.56. The number of nitrogens with zero attached hydrogens (tertiary/aromatic N) is 5. The van der Waals surface area contributed by atoms with Crippen LogP contribution in [0.1, 0.15) is 23.0 Å². The Bertz CT molecular complexity index is 857. The van der Waals surface area contributed by atoms with E-state index in [1.54, 1.807) is 10.9 Å². The fraction of sp³-hybridized carbons (Fsp3) is 0.389. The second-order valence-corrected chi connectivity index (χ2v) is 6.41.